The third kappa shape index (κ3) is 7.15. The first-order chi connectivity index (χ1) is 19.4. The maximum Gasteiger partial charge on any atom is 0.289 e. The van der Waals surface area contributed by atoms with Crippen LogP contribution < -0.4 is 29.6 Å². The van der Waals surface area contributed by atoms with E-state index in [9.17, 15) is 9.59 Å². The molecule has 41 heavy (non-hydrogen) atoms. The largest absolute Gasteiger partial charge is 0.479 e. The van der Waals surface area contributed by atoms with Crippen LogP contribution in [-0.2, 0) is 19.1 Å². The maximum atomic E-state index is 13.2. The lowest BCUT2D eigenvalue weighted by Crippen LogP contribution is -2.47. The Morgan fingerprint density at radius 2 is 1.85 bits per heavy atom. The Hall–Kier alpha value is -3.68. The van der Waals surface area contributed by atoms with Crippen LogP contribution in [0.1, 0.15) is 5.56 Å². The summed E-state index contributed by atoms with van der Waals surface area (Å²) in [5, 5.41) is 3.85. The van der Waals surface area contributed by atoms with Crippen LogP contribution in [0.2, 0.25) is 19.6 Å². The van der Waals surface area contributed by atoms with Crippen LogP contribution >= 0.6 is 0 Å². The van der Waals surface area contributed by atoms with Crippen molar-refractivity contribution >= 4 is 36.6 Å². The summed E-state index contributed by atoms with van der Waals surface area (Å²) in [6.45, 7) is 11.0. The molecule has 0 aliphatic carbocycles. The van der Waals surface area contributed by atoms with Crippen LogP contribution in [0.25, 0.3) is 0 Å². The highest BCUT2D eigenvalue weighted by molar-refractivity contribution is 6.88. The van der Waals surface area contributed by atoms with Crippen molar-refractivity contribution < 1.29 is 33.3 Å². The molecule has 2 aliphatic heterocycles. The molecule has 1 aromatic heterocycles. The molecule has 222 valence electrons. The van der Waals surface area contributed by atoms with Crippen molar-refractivity contribution in [1.82, 2.24) is 14.9 Å². The van der Waals surface area contributed by atoms with E-state index in [1.807, 2.05) is 38.1 Å². The van der Waals surface area contributed by atoms with Gasteiger partial charge in [-0.3, -0.25) is 9.59 Å². The number of ketones is 1. The number of methoxy groups -OCH3 is 2. The number of aromatic nitrogens is 2. The highest BCUT2D eigenvalue weighted by Gasteiger charge is 2.37. The Balaban J connectivity index is 1.48. The normalized spacial score (nSPS) is 19.1. The third-order valence-electron chi connectivity index (χ3n) is 6.71. The van der Waals surface area contributed by atoms with Gasteiger partial charge in [0.1, 0.15) is 5.75 Å². The number of hydrogen-bond donors (Lipinski definition) is 1. The smallest absolute Gasteiger partial charge is 0.289 e. The van der Waals surface area contributed by atoms with Crippen LogP contribution in [0, 0.1) is 6.92 Å². The topological polar surface area (TPSA) is 125 Å². The van der Waals surface area contributed by atoms with E-state index in [-0.39, 0.29) is 29.5 Å². The molecule has 2 atom stereocenters. The second-order valence-electron chi connectivity index (χ2n) is 11.3. The van der Waals surface area contributed by atoms with E-state index in [0.29, 0.717) is 31.4 Å². The van der Waals surface area contributed by atoms with Gasteiger partial charge in [-0.05, 0) is 32.6 Å². The first kappa shape index (κ1) is 30.3. The standard InChI is InChI=1S/C28H39N5O7Si/c1-17-9-10-19(41(6,7)8)13-21(17)39-22-14-20(34)24(40-22)25(35)29-23-26(36-4)30-28(31-27(23)37-5)33-11-12-38-18(16-33)15-32(2)3/h9-10,13-14,18,24H,11-12,15-16H2,1-8H3,(H,29,35). The van der Waals surface area contributed by atoms with Gasteiger partial charge in [0.2, 0.25) is 29.6 Å². The molecule has 2 unspecified atom stereocenters. The molecule has 1 amide bonds. The number of nitrogens with zero attached hydrogens (tertiary/aromatic N) is 4. The van der Waals surface area contributed by atoms with Gasteiger partial charge in [0, 0.05) is 19.6 Å². The summed E-state index contributed by atoms with van der Waals surface area (Å²) >= 11 is 0. The average molecular weight is 586 g/mol. The Kier molecular flexibility index (Phi) is 9.20. The van der Waals surface area contributed by atoms with Crippen molar-refractivity contribution in [2.45, 2.75) is 38.8 Å². The summed E-state index contributed by atoms with van der Waals surface area (Å²) in [6, 6.07) is 6.04. The Bertz CT molecular complexity index is 1300. The molecule has 0 radical (unpaired) electrons. The predicted molar refractivity (Wildman–Crippen MR) is 157 cm³/mol. The number of rotatable bonds is 10. The Morgan fingerprint density at radius 3 is 2.46 bits per heavy atom. The molecule has 0 saturated carbocycles. The van der Waals surface area contributed by atoms with E-state index in [2.05, 4.69) is 45.9 Å². The van der Waals surface area contributed by atoms with Crippen molar-refractivity contribution in [2.75, 3.05) is 64.8 Å². The molecule has 12 nitrogen and oxygen atoms in total. The number of benzene rings is 1. The Labute approximate surface area is 241 Å². The van der Waals surface area contributed by atoms with E-state index in [4.69, 9.17) is 23.7 Å². The quantitative estimate of drug-likeness (QED) is 0.325. The van der Waals surface area contributed by atoms with E-state index in [0.717, 1.165) is 12.1 Å². The van der Waals surface area contributed by atoms with Crippen molar-refractivity contribution in [2.24, 2.45) is 0 Å². The minimum Gasteiger partial charge on any atom is -0.479 e. The Morgan fingerprint density at radius 1 is 1.17 bits per heavy atom. The van der Waals surface area contributed by atoms with E-state index in [1.165, 1.54) is 25.5 Å². The van der Waals surface area contributed by atoms with Crippen LogP contribution in [-0.4, -0.2) is 101 Å². The van der Waals surface area contributed by atoms with E-state index in [1.54, 1.807) is 0 Å². The second kappa shape index (κ2) is 12.5. The van der Waals surface area contributed by atoms with Crippen molar-refractivity contribution in [1.29, 1.82) is 0 Å². The minimum absolute atomic E-state index is 0.0186. The zero-order valence-electron chi connectivity index (χ0n) is 24.9. The summed E-state index contributed by atoms with van der Waals surface area (Å²) in [5.74, 6) is -0.196. The third-order valence-corrected chi connectivity index (χ3v) is 8.75. The number of carbonyl (C=O) groups excluding carboxylic acids is 2. The summed E-state index contributed by atoms with van der Waals surface area (Å²) < 4.78 is 28.4. The fourth-order valence-corrected chi connectivity index (χ4v) is 5.63. The first-order valence-corrected chi connectivity index (χ1v) is 16.9. The number of morpholine rings is 1. The summed E-state index contributed by atoms with van der Waals surface area (Å²) in [6.07, 6.45) is -0.290. The molecule has 2 aromatic rings. The molecule has 0 bridgehead atoms. The van der Waals surface area contributed by atoms with Gasteiger partial charge < -0.3 is 38.8 Å². The number of nitrogens with one attached hydrogen (secondary N) is 1. The molecular formula is C28H39N5O7Si. The van der Waals surface area contributed by atoms with Gasteiger partial charge in [-0.1, -0.05) is 37.0 Å². The molecular weight excluding hydrogens is 546 g/mol. The van der Waals surface area contributed by atoms with Gasteiger partial charge in [-0.15, -0.1) is 0 Å². The minimum atomic E-state index is -1.59. The van der Waals surface area contributed by atoms with Crippen LogP contribution in [0.3, 0.4) is 0 Å². The number of hydrogen-bond acceptors (Lipinski definition) is 11. The molecule has 1 aromatic carbocycles. The van der Waals surface area contributed by atoms with Gasteiger partial charge in [0.05, 0.1) is 41.1 Å². The van der Waals surface area contributed by atoms with Crippen molar-refractivity contribution in [3.8, 4) is 17.5 Å². The highest BCUT2D eigenvalue weighted by Crippen LogP contribution is 2.34. The van der Waals surface area contributed by atoms with E-state index >= 15 is 0 Å². The molecule has 2 aliphatic rings. The molecule has 4 rings (SSSR count). The van der Waals surface area contributed by atoms with Gasteiger partial charge in [0.15, 0.2) is 5.69 Å². The first-order valence-electron chi connectivity index (χ1n) is 13.4. The number of amides is 1. The highest BCUT2D eigenvalue weighted by atomic mass is 28.3. The van der Waals surface area contributed by atoms with E-state index < -0.39 is 25.9 Å². The van der Waals surface area contributed by atoms with Crippen molar-refractivity contribution in [3.63, 3.8) is 0 Å². The van der Waals surface area contributed by atoms with Crippen LogP contribution in [0.15, 0.2) is 30.2 Å². The number of likely N-dealkylation sites (N-methyl/N-ethyl adjacent to an activating group) is 1. The zero-order chi connectivity index (χ0) is 29.9. The van der Waals surface area contributed by atoms with Gasteiger partial charge in [-0.2, -0.15) is 9.97 Å². The van der Waals surface area contributed by atoms with Gasteiger partial charge in [0.25, 0.3) is 11.9 Å². The second-order valence-corrected chi connectivity index (χ2v) is 16.4. The number of anilines is 2. The predicted octanol–water partition coefficient (Wildman–Crippen LogP) is 1.94. The fourth-order valence-electron chi connectivity index (χ4n) is 4.48. The summed E-state index contributed by atoms with van der Waals surface area (Å²) in [4.78, 5) is 39.0. The summed E-state index contributed by atoms with van der Waals surface area (Å²) in [5.41, 5.74) is 0.975. The lowest BCUT2D eigenvalue weighted by Gasteiger charge is -2.34. The fraction of sp³-hybridized carbons (Fsp3) is 0.500. The molecule has 1 N–H and O–H groups in total. The zero-order valence-corrected chi connectivity index (χ0v) is 25.9. The molecule has 1 fully saturated rings. The number of ether oxygens (including phenoxy) is 5. The number of aryl methyl sites for hydroxylation is 1. The van der Waals surface area contributed by atoms with Gasteiger partial charge in [-0.25, -0.2) is 0 Å². The lowest BCUT2D eigenvalue weighted by molar-refractivity contribution is -0.134. The van der Waals surface area contributed by atoms with Gasteiger partial charge >= 0.3 is 0 Å². The summed E-state index contributed by atoms with van der Waals surface area (Å²) in [7, 11) is 5.23. The molecule has 0 spiro atoms. The van der Waals surface area contributed by atoms with Crippen molar-refractivity contribution in [3.05, 3.63) is 35.8 Å². The molecule has 1 saturated heterocycles. The lowest BCUT2D eigenvalue weighted by atomic mass is 10.2. The van der Waals surface area contributed by atoms with Crippen LogP contribution in [0.4, 0.5) is 11.6 Å². The average Bonchev–Trinajstić information content (AvgIpc) is 3.28. The monoisotopic (exact) mass is 585 g/mol. The molecule has 3 heterocycles. The maximum absolute atomic E-state index is 13.2. The molecule has 13 heteroatoms. The van der Waals surface area contributed by atoms with Crippen LogP contribution in [0.5, 0.6) is 17.5 Å². The SMILES string of the molecule is COc1nc(N2CCOC(CN(C)C)C2)nc(OC)c1NC(=O)C1OC(Oc2cc([Si](C)(C)C)ccc2C)=CC1=O. The number of carbonyl (C=O) groups is 2.